The van der Waals surface area contributed by atoms with Crippen molar-refractivity contribution in [2.75, 3.05) is 11.6 Å². The van der Waals surface area contributed by atoms with Gasteiger partial charge >= 0.3 is 6.01 Å². The molecule has 4 aromatic rings. The van der Waals surface area contributed by atoms with Gasteiger partial charge in [-0.25, -0.2) is 8.42 Å². The first-order valence-electron chi connectivity index (χ1n) is 8.34. The van der Waals surface area contributed by atoms with Crippen LogP contribution in [0.2, 0.25) is 0 Å². The lowest BCUT2D eigenvalue weighted by Gasteiger charge is -2.00. The van der Waals surface area contributed by atoms with E-state index in [4.69, 9.17) is 4.42 Å². The van der Waals surface area contributed by atoms with Gasteiger partial charge in [-0.3, -0.25) is 20.2 Å². The Morgan fingerprint density at radius 3 is 2.70 bits per heavy atom. The summed E-state index contributed by atoms with van der Waals surface area (Å²) < 4.78 is 29.5. The second kappa shape index (κ2) is 7.31. The Morgan fingerprint density at radius 1 is 1.17 bits per heavy atom. The number of nitro groups is 1. The van der Waals surface area contributed by atoms with Crippen LogP contribution in [-0.2, 0) is 9.84 Å². The lowest BCUT2D eigenvalue weighted by molar-refractivity contribution is -0.384. The third-order valence-corrected chi connectivity index (χ3v) is 6.31. The maximum atomic E-state index is 12.5. The highest BCUT2D eigenvalue weighted by molar-refractivity contribution is 7.90. The Kier molecular flexibility index (Phi) is 4.79. The van der Waals surface area contributed by atoms with Gasteiger partial charge in [0, 0.05) is 34.0 Å². The Balaban J connectivity index is 1.56. The Morgan fingerprint density at radius 2 is 1.97 bits per heavy atom. The summed E-state index contributed by atoms with van der Waals surface area (Å²) in [7, 11) is -3.40. The van der Waals surface area contributed by atoms with Crippen molar-refractivity contribution in [2.24, 2.45) is 0 Å². The summed E-state index contributed by atoms with van der Waals surface area (Å²) in [6, 6.07) is 11.7. The van der Waals surface area contributed by atoms with Crippen molar-refractivity contribution >= 4 is 48.9 Å². The van der Waals surface area contributed by atoms with Crippen LogP contribution in [0.3, 0.4) is 0 Å². The average molecular weight is 444 g/mol. The van der Waals surface area contributed by atoms with E-state index in [1.165, 1.54) is 30.3 Å². The van der Waals surface area contributed by atoms with Gasteiger partial charge < -0.3 is 4.42 Å². The van der Waals surface area contributed by atoms with E-state index in [9.17, 15) is 23.3 Å². The molecule has 2 aromatic heterocycles. The molecule has 1 amide bonds. The van der Waals surface area contributed by atoms with Crippen molar-refractivity contribution in [3.8, 4) is 11.5 Å². The first-order valence-corrected chi connectivity index (χ1v) is 11.0. The number of fused-ring (bicyclic) bond motifs is 1. The fourth-order valence-electron chi connectivity index (χ4n) is 2.67. The molecule has 0 bridgehead atoms. The van der Waals surface area contributed by atoms with Gasteiger partial charge in [0.2, 0.25) is 5.89 Å². The monoisotopic (exact) mass is 444 g/mol. The molecule has 0 aliphatic rings. The molecule has 2 heterocycles. The van der Waals surface area contributed by atoms with Crippen LogP contribution in [-0.4, -0.2) is 35.7 Å². The molecule has 0 aliphatic carbocycles. The number of non-ortho nitro benzene ring substituents is 1. The number of nitro benzene ring substituents is 1. The van der Waals surface area contributed by atoms with Crippen LogP contribution < -0.4 is 5.32 Å². The molecule has 4 rings (SSSR count). The smallest absolute Gasteiger partial charge is 0.322 e. The zero-order chi connectivity index (χ0) is 21.5. The third-order valence-electron chi connectivity index (χ3n) is 4.09. The minimum Gasteiger partial charge on any atom is -0.403 e. The standard InChI is InChI=1S/C18H12N4O6S2/c1-30(26,27)13-4-2-3-10(8-13)17-20-21-18(28-17)19-16(23)15-9-11-7-12(22(24)25)5-6-14(11)29-15/h2-9H,1H3,(H,19,21,23). The van der Waals surface area contributed by atoms with Gasteiger partial charge in [0.15, 0.2) is 9.84 Å². The number of anilines is 1. The fraction of sp³-hybridized carbons (Fsp3) is 0.0556. The van der Waals surface area contributed by atoms with Gasteiger partial charge in [0.25, 0.3) is 11.6 Å². The molecule has 0 radical (unpaired) electrons. The van der Waals surface area contributed by atoms with Crippen LogP contribution in [0, 0.1) is 10.1 Å². The van der Waals surface area contributed by atoms with Crippen molar-refractivity contribution in [1.29, 1.82) is 0 Å². The van der Waals surface area contributed by atoms with Crippen molar-refractivity contribution in [1.82, 2.24) is 10.2 Å². The minimum atomic E-state index is -3.40. The summed E-state index contributed by atoms with van der Waals surface area (Å²) >= 11 is 1.16. The van der Waals surface area contributed by atoms with E-state index in [0.717, 1.165) is 22.3 Å². The van der Waals surface area contributed by atoms with E-state index >= 15 is 0 Å². The summed E-state index contributed by atoms with van der Waals surface area (Å²) in [5, 5.41) is 21.5. The van der Waals surface area contributed by atoms with E-state index in [1.807, 2.05) is 0 Å². The highest BCUT2D eigenvalue weighted by Gasteiger charge is 2.17. The quantitative estimate of drug-likeness (QED) is 0.363. The van der Waals surface area contributed by atoms with Gasteiger partial charge in [-0.1, -0.05) is 11.2 Å². The number of rotatable bonds is 5. The number of hydrogen-bond donors (Lipinski definition) is 1. The van der Waals surface area contributed by atoms with Crippen LogP contribution >= 0.6 is 11.3 Å². The molecule has 0 aliphatic heterocycles. The molecule has 1 N–H and O–H groups in total. The zero-order valence-corrected chi connectivity index (χ0v) is 16.9. The molecule has 12 heteroatoms. The molecule has 10 nitrogen and oxygen atoms in total. The Hall–Kier alpha value is -3.64. The molecule has 0 saturated heterocycles. The molecule has 152 valence electrons. The van der Waals surface area contributed by atoms with Crippen LogP contribution in [0.25, 0.3) is 21.5 Å². The molecule has 30 heavy (non-hydrogen) atoms. The molecule has 0 atom stereocenters. The predicted octanol–water partition coefficient (Wildman–Crippen LogP) is 3.52. The summed E-state index contributed by atoms with van der Waals surface area (Å²) in [6.07, 6.45) is 1.09. The third kappa shape index (κ3) is 3.90. The molecular formula is C18H12N4O6S2. The topological polar surface area (TPSA) is 145 Å². The molecule has 2 aromatic carbocycles. The van der Waals surface area contributed by atoms with Crippen molar-refractivity contribution in [3.05, 3.63) is 63.5 Å². The second-order valence-corrected chi connectivity index (χ2v) is 9.36. The number of amides is 1. The number of sulfone groups is 1. The van der Waals surface area contributed by atoms with Crippen molar-refractivity contribution in [2.45, 2.75) is 4.90 Å². The normalized spacial score (nSPS) is 11.5. The maximum Gasteiger partial charge on any atom is 0.322 e. The lowest BCUT2D eigenvalue weighted by atomic mass is 10.2. The lowest BCUT2D eigenvalue weighted by Crippen LogP contribution is -2.10. The molecule has 0 unspecified atom stereocenters. The number of nitrogens with one attached hydrogen (secondary N) is 1. The number of hydrogen-bond acceptors (Lipinski definition) is 9. The SMILES string of the molecule is CS(=O)(=O)c1cccc(-c2nnc(NC(=O)c3cc4cc([N+](=O)[O-])ccc4s3)o2)c1. The van der Waals surface area contributed by atoms with Crippen LogP contribution in [0.15, 0.2) is 57.8 Å². The first kappa shape index (κ1) is 19.7. The fourth-order valence-corrected chi connectivity index (χ4v) is 4.27. The predicted molar refractivity (Wildman–Crippen MR) is 109 cm³/mol. The van der Waals surface area contributed by atoms with Crippen molar-refractivity contribution in [3.63, 3.8) is 0 Å². The summed E-state index contributed by atoms with van der Waals surface area (Å²) in [4.78, 5) is 23.3. The zero-order valence-electron chi connectivity index (χ0n) is 15.2. The highest BCUT2D eigenvalue weighted by Crippen LogP contribution is 2.30. The minimum absolute atomic E-state index is 0.0442. The summed E-state index contributed by atoms with van der Waals surface area (Å²) in [5.41, 5.74) is 0.324. The molecule has 0 fully saturated rings. The Bertz CT molecular complexity index is 1410. The maximum absolute atomic E-state index is 12.5. The molecule has 0 saturated carbocycles. The molecular weight excluding hydrogens is 432 g/mol. The summed E-state index contributed by atoms with van der Waals surface area (Å²) in [5.74, 6) is -0.471. The van der Waals surface area contributed by atoms with E-state index in [0.29, 0.717) is 15.8 Å². The van der Waals surface area contributed by atoms with E-state index in [1.54, 1.807) is 18.2 Å². The van der Waals surface area contributed by atoms with Gasteiger partial charge in [-0.2, -0.15) is 0 Å². The van der Waals surface area contributed by atoms with Gasteiger partial charge in [0.1, 0.15) is 0 Å². The largest absolute Gasteiger partial charge is 0.403 e. The number of thiophene rings is 1. The van der Waals surface area contributed by atoms with Crippen molar-refractivity contribution < 1.29 is 22.6 Å². The number of nitrogens with zero attached hydrogens (tertiary/aromatic N) is 3. The van der Waals surface area contributed by atoms with Gasteiger partial charge in [-0.05, 0) is 30.3 Å². The number of carbonyl (C=O) groups is 1. The van der Waals surface area contributed by atoms with Gasteiger partial charge in [-0.15, -0.1) is 16.4 Å². The summed E-state index contributed by atoms with van der Waals surface area (Å²) in [6.45, 7) is 0. The number of aromatic nitrogens is 2. The first-order chi connectivity index (χ1) is 14.2. The second-order valence-electron chi connectivity index (χ2n) is 6.26. The average Bonchev–Trinajstić information content (AvgIpc) is 3.33. The molecule has 0 spiro atoms. The van der Waals surface area contributed by atoms with Gasteiger partial charge in [0.05, 0.1) is 14.7 Å². The van der Waals surface area contributed by atoms with Crippen LogP contribution in [0.1, 0.15) is 9.67 Å². The number of carbonyl (C=O) groups excluding carboxylic acids is 1. The highest BCUT2D eigenvalue weighted by atomic mass is 32.2. The Labute approximate surface area is 173 Å². The van der Waals surface area contributed by atoms with E-state index in [2.05, 4.69) is 15.5 Å². The number of benzene rings is 2. The van der Waals surface area contributed by atoms with E-state index < -0.39 is 20.7 Å². The van der Waals surface area contributed by atoms with Crippen LogP contribution in [0.5, 0.6) is 0 Å². The van der Waals surface area contributed by atoms with Crippen LogP contribution in [0.4, 0.5) is 11.7 Å². The van der Waals surface area contributed by atoms with E-state index in [-0.39, 0.29) is 22.5 Å².